The smallest absolute Gasteiger partial charge is 0.338 e. The highest BCUT2D eigenvalue weighted by Gasteiger charge is 2.19. The molecule has 0 aromatic heterocycles. The second-order valence-electron chi connectivity index (χ2n) is 15.5. The Hall–Kier alpha value is -4.28. The van der Waals surface area contributed by atoms with E-state index in [1.807, 2.05) is 0 Å². The van der Waals surface area contributed by atoms with E-state index in [2.05, 4.69) is 19.7 Å². The number of ether oxygens (including phenoxy) is 7. The summed E-state index contributed by atoms with van der Waals surface area (Å²) in [5.41, 5.74) is 0.371. The molecule has 0 amide bonds. The van der Waals surface area contributed by atoms with Crippen LogP contribution in [0.25, 0.3) is 0 Å². The van der Waals surface area contributed by atoms with Gasteiger partial charge in [-0.2, -0.15) is 0 Å². The van der Waals surface area contributed by atoms with Crippen LogP contribution in [0, 0.1) is 0 Å². The molecule has 0 aliphatic rings. The van der Waals surface area contributed by atoms with Crippen molar-refractivity contribution in [1.29, 1.82) is 0 Å². The monoisotopic (exact) mass is 857 g/mol. The fraction of sp³-hybridized carbons (Fsp3) is 0.680. The molecule has 0 unspecified atom stereocenters. The maximum absolute atomic E-state index is 12.7. The lowest BCUT2D eigenvalue weighted by molar-refractivity contribution is -0.138. The molecule has 0 fully saturated rings. The molecule has 11 nitrogen and oxygen atoms in total. The molecule has 0 bridgehead atoms. The first-order valence-electron chi connectivity index (χ1n) is 23.4. The summed E-state index contributed by atoms with van der Waals surface area (Å²) in [7, 11) is 1.37. The molecule has 61 heavy (non-hydrogen) atoms. The molecule has 1 aromatic rings. The van der Waals surface area contributed by atoms with E-state index in [1.165, 1.54) is 83.1 Å². The molecule has 0 aliphatic heterocycles. The van der Waals surface area contributed by atoms with Crippen LogP contribution in [-0.2, 0) is 33.3 Å². The van der Waals surface area contributed by atoms with Gasteiger partial charge < -0.3 is 33.2 Å². The second kappa shape index (κ2) is 39.8. The average molecular weight is 857 g/mol. The number of hydrogen-bond acceptors (Lipinski definition) is 11. The normalized spacial score (nSPS) is 10.7. The zero-order valence-corrected chi connectivity index (χ0v) is 37.8. The van der Waals surface area contributed by atoms with Gasteiger partial charge in [0.15, 0.2) is 11.5 Å². The van der Waals surface area contributed by atoms with Crippen LogP contribution in [-0.4, -0.2) is 70.6 Å². The van der Waals surface area contributed by atoms with Crippen molar-refractivity contribution in [2.24, 2.45) is 0 Å². The minimum Gasteiger partial charge on any atom is -0.490 e. The Kier molecular flexibility index (Phi) is 35.7. The summed E-state index contributed by atoms with van der Waals surface area (Å²) in [4.78, 5) is 46.1. The molecule has 1 aromatic carbocycles. The number of carbonyl (C=O) groups excluding carboxylic acids is 4. The average Bonchev–Trinajstić information content (AvgIpc) is 3.27. The molecule has 0 N–H and O–H groups in total. The number of carbonyl (C=O) groups is 4. The number of methoxy groups -OCH3 is 1. The van der Waals surface area contributed by atoms with Gasteiger partial charge in [0.2, 0.25) is 5.75 Å². The van der Waals surface area contributed by atoms with Crippen molar-refractivity contribution in [3.8, 4) is 17.2 Å². The van der Waals surface area contributed by atoms with Crippen LogP contribution in [0.3, 0.4) is 0 Å². The lowest BCUT2D eigenvalue weighted by Crippen LogP contribution is -2.09. The summed E-state index contributed by atoms with van der Waals surface area (Å²) in [5.74, 6) is 0.0389. The summed E-state index contributed by atoms with van der Waals surface area (Å²) in [6.45, 7) is 13.2. The first-order chi connectivity index (χ1) is 29.9. The van der Waals surface area contributed by atoms with Crippen LogP contribution < -0.4 is 14.2 Å². The van der Waals surface area contributed by atoms with Gasteiger partial charge in [0.05, 0.1) is 52.3 Å². The molecule has 0 saturated heterocycles. The van der Waals surface area contributed by atoms with Crippen molar-refractivity contribution in [1.82, 2.24) is 0 Å². The summed E-state index contributed by atoms with van der Waals surface area (Å²) in [6.07, 6.45) is 32.6. The SMILES string of the molecule is C=CC(=O)OCCCCCCCCCCCOc1cc(C(=O)OC)cc(OCCCCCCCCCCCOC(=O)C=C)c1OCCCCCCCCCCCOC(=O)C=C. The Morgan fingerprint density at radius 1 is 0.393 bits per heavy atom. The molecule has 0 radical (unpaired) electrons. The van der Waals surface area contributed by atoms with Gasteiger partial charge in [0.25, 0.3) is 0 Å². The minimum absolute atomic E-state index is 0.357. The zero-order chi connectivity index (χ0) is 44.4. The van der Waals surface area contributed by atoms with Crippen LogP contribution in [0.15, 0.2) is 50.1 Å². The number of benzene rings is 1. The molecule has 0 spiro atoms. The Balaban J connectivity index is 2.60. The summed E-state index contributed by atoms with van der Waals surface area (Å²) >= 11 is 0. The Bertz CT molecular complexity index is 1270. The fourth-order valence-corrected chi connectivity index (χ4v) is 6.73. The van der Waals surface area contributed by atoms with Crippen LogP contribution >= 0.6 is 0 Å². The van der Waals surface area contributed by atoms with Gasteiger partial charge in [0.1, 0.15) is 0 Å². The third-order valence-electron chi connectivity index (χ3n) is 10.3. The Morgan fingerprint density at radius 3 is 0.902 bits per heavy atom. The van der Waals surface area contributed by atoms with Gasteiger partial charge >= 0.3 is 23.9 Å². The predicted molar refractivity (Wildman–Crippen MR) is 242 cm³/mol. The standard InChI is InChI=1S/C50H80O11/c1-5-46(51)58-37-31-25-19-13-8-11-17-23-29-35-56-44-41-43(50(54)55-4)42-45(57-36-30-24-18-12-9-14-20-26-32-38-59-47(52)6-2)49(44)61-40-34-28-22-16-10-15-21-27-33-39-60-48(53)7-3/h5-7,41-42H,1-3,8-40H2,4H3. The quantitative estimate of drug-likeness (QED) is 0.0269. The lowest BCUT2D eigenvalue weighted by Gasteiger charge is -2.18. The summed E-state index contributed by atoms with van der Waals surface area (Å²) in [5, 5.41) is 0. The Morgan fingerprint density at radius 2 is 0.639 bits per heavy atom. The minimum atomic E-state index is -0.451. The fourth-order valence-electron chi connectivity index (χ4n) is 6.73. The van der Waals surface area contributed by atoms with Crippen LogP contribution in [0.2, 0.25) is 0 Å². The number of unbranched alkanes of at least 4 members (excludes halogenated alkanes) is 24. The van der Waals surface area contributed by atoms with Crippen molar-refractivity contribution in [2.45, 2.75) is 173 Å². The van der Waals surface area contributed by atoms with Gasteiger partial charge in [-0.25, -0.2) is 19.2 Å². The van der Waals surface area contributed by atoms with E-state index in [4.69, 9.17) is 33.2 Å². The van der Waals surface area contributed by atoms with Crippen molar-refractivity contribution < 1.29 is 52.3 Å². The van der Waals surface area contributed by atoms with E-state index in [-0.39, 0.29) is 17.9 Å². The van der Waals surface area contributed by atoms with Gasteiger partial charge in [-0.3, -0.25) is 0 Å². The molecule has 346 valence electrons. The number of hydrogen-bond donors (Lipinski definition) is 0. The molecular formula is C50H80O11. The van der Waals surface area contributed by atoms with Gasteiger partial charge in [-0.1, -0.05) is 155 Å². The van der Waals surface area contributed by atoms with Crippen LogP contribution in [0.4, 0.5) is 0 Å². The van der Waals surface area contributed by atoms with E-state index in [0.717, 1.165) is 116 Å². The number of rotatable bonds is 43. The van der Waals surface area contributed by atoms with Gasteiger partial charge in [-0.15, -0.1) is 0 Å². The maximum Gasteiger partial charge on any atom is 0.338 e. The highest BCUT2D eigenvalue weighted by molar-refractivity contribution is 5.91. The maximum atomic E-state index is 12.7. The van der Waals surface area contributed by atoms with Crippen molar-refractivity contribution in [2.75, 3.05) is 46.8 Å². The molecule has 0 atom stereocenters. The molecular weight excluding hydrogens is 777 g/mol. The molecule has 0 aliphatic carbocycles. The topological polar surface area (TPSA) is 133 Å². The lowest BCUT2D eigenvalue weighted by atomic mass is 10.1. The van der Waals surface area contributed by atoms with Gasteiger partial charge in [-0.05, 0) is 50.7 Å². The van der Waals surface area contributed by atoms with Crippen molar-refractivity contribution >= 4 is 23.9 Å². The zero-order valence-electron chi connectivity index (χ0n) is 37.8. The first-order valence-corrected chi connectivity index (χ1v) is 23.4. The van der Waals surface area contributed by atoms with Crippen molar-refractivity contribution in [3.05, 3.63) is 55.7 Å². The van der Waals surface area contributed by atoms with Crippen LogP contribution in [0.1, 0.15) is 184 Å². The first kappa shape index (κ1) is 54.7. The van der Waals surface area contributed by atoms with E-state index >= 15 is 0 Å². The number of esters is 4. The summed E-state index contributed by atoms with van der Waals surface area (Å²) < 4.78 is 39.2. The third-order valence-corrected chi connectivity index (χ3v) is 10.3. The van der Waals surface area contributed by atoms with E-state index in [1.54, 1.807) is 12.1 Å². The molecule has 0 saturated carbocycles. The van der Waals surface area contributed by atoms with Crippen LogP contribution in [0.5, 0.6) is 17.2 Å². The Labute approximate surface area is 368 Å². The second-order valence-corrected chi connectivity index (χ2v) is 15.5. The highest BCUT2D eigenvalue weighted by Crippen LogP contribution is 2.40. The third kappa shape index (κ3) is 31.3. The van der Waals surface area contributed by atoms with E-state index in [0.29, 0.717) is 62.5 Å². The van der Waals surface area contributed by atoms with E-state index < -0.39 is 5.97 Å². The highest BCUT2D eigenvalue weighted by atomic mass is 16.6. The molecule has 1 rings (SSSR count). The summed E-state index contributed by atoms with van der Waals surface area (Å²) in [6, 6.07) is 3.42. The molecule has 11 heteroatoms. The molecule has 0 heterocycles. The predicted octanol–water partition coefficient (Wildman–Crippen LogP) is 12.3. The largest absolute Gasteiger partial charge is 0.490 e. The van der Waals surface area contributed by atoms with Gasteiger partial charge in [0, 0.05) is 18.2 Å². The van der Waals surface area contributed by atoms with E-state index in [9.17, 15) is 19.2 Å². The van der Waals surface area contributed by atoms with Crippen molar-refractivity contribution in [3.63, 3.8) is 0 Å².